The predicted molar refractivity (Wildman–Crippen MR) is 61.2 cm³/mol. The lowest BCUT2D eigenvalue weighted by molar-refractivity contribution is -0.131. The molecule has 0 bridgehead atoms. The summed E-state index contributed by atoms with van der Waals surface area (Å²) < 4.78 is 0. The van der Waals surface area contributed by atoms with Gasteiger partial charge in [0.05, 0.1) is 0 Å². The number of benzene rings is 1. The SMILES string of the molecule is CC(=CC(=O)O)C(=O)Nc1ccc(C)cc1. The van der Waals surface area contributed by atoms with Crippen LogP contribution < -0.4 is 5.32 Å². The summed E-state index contributed by atoms with van der Waals surface area (Å²) in [6, 6.07) is 7.26. The van der Waals surface area contributed by atoms with Gasteiger partial charge in [-0.25, -0.2) is 4.79 Å². The maximum absolute atomic E-state index is 11.5. The molecule has 0 spiro atoms. The van der Waals surface area contributed by atoms with Crippen molar-refractivity contribution >= 4 is 17.6 Å². The molecule has 0 fully saturated rings. The number of amides is 1. The van der Waals surface area contributed by atoms with Crippen molar-refractivity contribution in [2.75, 3.05) is 5.32 Å². The minimum atomic E-state index is -1.13. The van der Waals surface area contributed by atoms with E-state index in [-0.39, 0.29) is 5.57 Å². The van der Waals surface area contributed by atoms with E-state index < -0.39 is 11.9 Å². The topological polar surface area (TPSA) is 66.4 Å². The largest absolute Gasteiger partial charge is 0.478 e. The van der Waals surface area contributed by atoms with Crippen LogP contribution in [0.25, 0.3) is 0 Å². The first-order chi connectivity index (χ1) is 7.49. The van der Waals surface area contributed by atoms with E-state index in [1.54, 1.807) is 12.1 Å². The molecule has 0 unspecified atom stereocenters. The van der Waals surface area contributed by atoms with Crippen molar-refractivity contribution in [2.45, 2.75) is 13.8 Å². The molecule has 16 heavy (non-hydrogen) atoms. The molecular weight excluding hydrogens is 206 g/mol. The molecule has 0 aliphatic carbocycles. The monoisotopic (exact) mass is 219 g/mol. The van der Waals surface area contributed by atoms with Gasteiger partial charge in [0.2, 0.25) is 0 Å². The summed E-state index contributed by atoms with van der Waals surface area (Å²) in [7, 11) is 0. The lowest BCUT2D eigenvalue weighted by Crippen LogP contribution is -2.13. The number of aryl methyl sites for hydroxylation is 1. The third-order valence-electron chi connectivity index (χ3n) is 2.01. The third kappa shape index (κ3) is 3.57. The quantitative estimate of drug-likeness (QED) is 0.764. The van der Waals surface area contributed by atoms with E-state index in [2.05, 4.69) is 5.32 Å². The normalized spacial score (nSPS) is 11.0. The van der Waals surface area contributed by atoms with Gasteiger partial charge in [0.1, 0.15) is 0 Å². The first kappa shape index (κ1) is 12.0. The maximum Gasteiger partial charge on any atom is 0.328 e. The second-order valence-electron chi connectivity index (χ2n) is 3.49. The maximum atomic E-state index is 11.5. The van der Waals surface area contributed by atoms with E-state index in [0.29, 0.717) is 5.69 Å². The summed E-state index contributed by atoms with van der Waals surface area (Å²) in [6.45, 7) is 3.40. The van der Waals surface area contributed by atoms with Crippen molar-refractivity contribution < 1.29 is 14.7 Å². The summed E-state index contributed by atoms with van der Waals surface area (Å²) in [4.78, 5) is 21.8. The van der Waals surface area contributed by atoms with Crippen LogP contribution in [0.2, 0.25) is 0 Å². The van der Waals surface area contributed by atoms with Crippen LogP contribution in [0.5, 0.6) is 0 Å². The Kier molecular flexibility index (Phi) is 3.83. The Bertz CT molecular complexity index is 432. The fourth-order valence-electron chi connectivity index (χ4n) is 1.12. The van der Waals surface area contributed by atoms with Crippen LogP contribution in [0.15, 0.2) is 35.9 Å². The molecule has 0 aliphatic rings. The Labute approximate surface area is 93.6 Å². The zero-order chi connectivity index (χ0) is 12.1. The van der Waals surface area contributed by atoms with E-state index >= 15 is 0 Å². The second-order valence-corrected chi connectivity index (χ2v) is 3.49. The summed E-state index contributed by atoms with van der Waals surface area (Å²) in [6.07, 6.45) is 0.878. The van der Waals surface area contributed by atoms with Gasteiger partial charge in [0.25, 0.3) is 5.91 Å². The van der Waals surface area contributed by atoms with Gasteiger partial charge in [0.15, 0.2) is 0 Å². The third-order valence-corrected chi connectivity index (χ3v) is 2.01. The average Bonchev–Trinajstić information content (AvgIpc) is 2.20. The van der Waals surface area contributed by atoms with Crippen LogP contribution in [-0.4, -0.2) is 17.0 Å². The number of carboxylic acids is 1. The van der Waals surface area contributed by atoms with Gasteiger partial charge in [-0.1, -0.05) is 17.7 Å². The van der Waals surface area contributed by atoms with Gasteiger partial charge in [-0.05, 0) is 26.0 Å². The highest BCUT2D eigenvalue weighted by Gasteiger charge is 2.05. The number of anilines is 1. The molecule has 0 saturated carbocycles. The Morgan fingerprint density at radius 2 is 1.81 bits per heavy atom. The molecule has 0 aliphatic heterocycles. The Balaban J connectivity index is 2.71. The van der Waals surface area contributed by atoms with E-state index in [4.69, 9.17) is 5.11 Å². The number of nitrogens with one attached hydrogen (secondary N) is 1. The molecular formula is C12H13NO3. The molecule has 0 radical (unpaired) electrons. The van der Waals surface area contributed by atoms with Crippen molar-refractivity contribution in [3.63, 3.8) is 0 Å². The van der Waals surface area contributed by atoms with E-state index in [1.807, 2.05) is 19.1 Å². The molecule has 4 heteroatoms. The van der Waals surface area contributed by atoms with Crippen LogP contribution in [0.4, 0.5) is 5.69 Å². The number of rotatable bonds is 3. The molecule has 1 aromatic carbocycles. The van der Waals surface area contributed by atoms with Gasteiger partial charge in [-0.15, -0.1) is 0 Å². The molecule has 1 amide bonds. The minimum Gasteiger partial charge on any atom is -0.478 e. The predicted octanol–water partition coefficient (Wildman–Crippen LogP) is 1.96. The zero-order valence-corrected chi connectivity index (χ0v) is 9.15. The molecule has 84 valence electrons. The minimum absolute atomic E-state index is 0.160. The number of aliphatic carboxylic acids is 1. The average molecular weight is 219 g/mol. The number of carbonyl (C=O) groups is 2. The van der Waals surface area contributed by atoms with Crippen LogP contribution in [0.1, 0.15) is 12.5 Å². The molecule has 0 atom stereocenters. The van der Waals surface area contributed by atoms with Crippen molar-refractivity contribution in [3.05, 3.63) is 41.5 Å². The summed E-state index contributed by atoms with van der Waals surface area (Å²) >= 11 is 0. The van der Waals surface area contributed by atoms with Gasteiger partial charge in [0, 0.05) is 17.3 Å². The Morgan fingerprint density at radius 3 is 2.31 bits per heavy atom. The van der Waals surface area contributed by atoms with Gasteiger partial charge in [-0.3, -0.25) is 4.79 Å². The number of carbonyl (C=O) groups excluding carboxylic acids is 1. The second kappa shape index (κ2) is 5.11. The molecule has 4 nitrogen and oxygen atoms in total. The summed E-state index contributed by atoms with van der Waals surface area (Å²) in [5.41, 5.74) is 1.90. The lowest BCUT2D eigenvalue weighted by Gasteiger charge is -2.04. The standard InChI is InChI=1S/C12H13NO3/c1-8-3-5-10(6-4-8)13-12(16)9(2)7-11(14)15/h3-7H,1-2H3,(H,13,16)(H,14,15). The zero-order valence-electron chi connectivity index (χ0n) is 9.15. The van der Waals surface area contributed by atoms with E-state index in [0.717, 1.165) is 11.6 Å². The number of carboxylic acid groups (broad SMARTS) is 1. The number of hydrogen-bond donors (Lipinski definition) is 2. The number of hydrogen-bond acceptors (Lipinski definition) is 2. The summed E-state index contributed by atoms with van der Waals surface area (Å²) in [5.74, 6) is -1.54. The molecule has 0 aromatic heterocycles. The highest BCUT2D eigenvalue weighted by molar-refractivity contribution is 6.06. The Hall–Kier alpha value is -2.10. The molecule has 0 heterocycles. The van der Waals surface area contributed by atoms with Crippen molar-refractivity contribution in [2.24, 2.45) is 0 Å². The van der Waals surface area contributed by atoms with Crippen molar-refractivity contribution in [1.82, 2.24) is 0 Å². The van der Waals surface area contributed by atoms with Crippen LogP contribution in [-0.2, 0) is 9.59 Å². The van der Waals surface area contributed by atoms with E-state index in [9.17, 15) is 9.59 Å². The fourth-order valence-corrected chi connectivity index (χ4v) is 1.12. The molecule has 1 rings (SSSR count). The van der Waals surface area contributed by atoms with Crippen molar-refractivity contribution in [3.8, 4) is 0 Å². The molecule has 1 aromatic rings. The van der Waals surface area contributed by atoms with Crippen LogP contribution in [0, 0.1) is 6.92 Å². The lowest BCUT2D eigenvalue weighted by atomic mass is 10.2. The Morgan fingerprint density at radius 1 is 1.25 bits per heavy atom. The smallest absolute Gasteiger partial charge is 0.328 e. The van der Waals surface area contributed by atoms with Gasteiger partial charge >= 0.3 is 5.97 Å². The molecule has 2 N–H and O–H groups in total. The van der Waals surface area contributed by atoms with Crippen LogP contribution in [0.3, 0.4) is 0 Å². The van der Waals surface area contributed by atoms with E-state index in [1.165, 1.54) is 6.92 Å². The fraction of sp³-hybridized carbons (Fsp3) is 0.167. The summed E-state index contributed by atoms with van der Waals surface area (Å²) in [5, 5.41) is 11.1. The van der Waals surface area contributed by atoms with Gasteiger partial charge < -0.3 is 10.4 Å². The first-order valence-electron chi connectivity index (χ1n) is 4.78. The van der Waals surface area contributed by atoms with Gasteiger partial charge in [-0.2, -0.15) is 0 Å². The highest BCUT2D eigenvalue weighted by atomic mass is 16.4. The van der Waals surface area contributed by atoms with Crippen molar-refractivity contribution in [1.29, 1.82) is 0 Å². The van der Waals surface area contributed by atoms with Crippen LogP contribution >= 0.6 is 0 Å². The highest BCUT2D eigenvalue weighted by Crippen LogP contribution is 2.09. The first-order valence-corrected chi connectivity index (χ1v) is 4.78. The molecule has 0 saturated heterocycles.